The summed E-state index contributed by atoms with van der Waals surface area (Å²) in [7, 11) is 0. The number of hydrogen-bond donors (Lipinski definition) is 0. The van der Waals surface area contributed by atoms with Crippen LogP contribution in [0, 0.1) is 5.92 Å². The summed E-state index contributed by atoms with van der Waals surface area (Å²) in [5.41, 5.74) is 1.76. The molecule has 20 heavy (non-hydrogen) atoms. The van der Waals surface area contributed by atoms with Crippen molar-refractivity contribution in [2.24, 2.45) is 5.92 Å². The Bertz CT molecular complexity index is 592. The van der Waals surface area contributed by atoms with Gasteiger partial charge in [0.15, 0.2) is 5.78 Å². The Labute approximate surface area is 120 Å². The standard InChI is InChI=1S/C18H21NO/c20-18(13-14-7-3-1-2-4-8-14)16-9-5-11-17-15(16)10-6-12-19-17/h5-6,9-12,14H,1-4,7-8,13H2. The van der Waals surface area contributed by atoms with E-state index in [4.69, 9.17) is 0 Å². The second kappa shape index (κ2) is 6.17. The zero-order valence-electron chi connectivity index (χ0n) is 11.8. The molecule has 2 heteroatoms. The van der Waals surface area contributed by atoms with Crippen LogP contribution in [0.2, 0.25) is 0 Å². The van der Waals surface area contributed by atoms with Gasteiger partial charge in [0, 0.05) is 23.6 Å². The van der Waals surface area contributed by atoms with E-state index in [1.807, 2.05) is 30.3 Å². The highest BCUT2D eigenvalue weighted by molar-refractivity contribution is 6.07. The van der Waals surface area contributed by atoms with Gasteiger partial charge in [0.2, 0.25) is 0 Å². The van der Waals surface area contributed by atoms with Crippen molar-refractivity contribution in [1.29, 1.82) is 0 Å². The predicted molar refractivity (Wildman–Crippen MR) is 81.9 cm³/mol. The molecule has 1 aliphatic carbocycles. The van der Waals surface area contributed by atoms with Gasteiger partial charge >= 0.3 is 0 Å². The van der Waals surface area contributed by atoms with Crippen molar-refractivity contribution in [2.75, 3.05) is 0 Å². The first-order valence-electron chi connectivity index (χ1n) is 7.71. The Morgan fingerprint density at radius 1 is 1.05 bits per heavy atom. The second-order valence-electron chi connectivity index (χ2n) is 5.86. The molecule has 1 heterocycles. The van der Waals surface area contributed by atoms with Crippen molar-refractivity contribution >= 4 is 16.7 Å². The summed E-state index contributed by atoms with van der Waals surface area (Å²) in [5.74, 6) is 0.868. The Balaban J connectivity index is 1.81. The minimum atomic E-state index is 0.288. The van der Waals surface area contributed by atoms with Crippen LogP contribution in [0.3, 0.4) is 0 Å². The molecule has 1 saturated carbocycles. The van der Waals surface area contributed by atoms with E-state index in [0.717, 1.165) is 16.5 Å². The molecular formula is C18H21NO. The molecule has 1 aliphatic rings. The lowest BCUT2D eigenvalue weighted by Crippen LogP contribution is -2.09. The summed E-state index contributed by atoms with van der Waals surface area (Å²) in [6.45, 7) is 0. The van der Waals surface area contributed by atoms with E-state index in [1.165, 1.54) is 38.5 Å². The number of aromatic nitrogens is 1. The molecule has 3 rings (SSSR count). The van der Waals surface area contributed by atoms with Crippen molar-refractivity contribution in [1.82, 2.24) is 4.98 Å². The monoisotopic (exact) mass is 267 g/mol. The van der Waals surface area contributed by atoms with Gasteiger partial charge in [0.05, 0.1) is 5.52 Å². The summed E-state index contributed by atoms with van der Waals surface area (Å²) in [5, 5.41) is 0.994. The number of pyridine rings is 1. The maximum atomic E-state index is 12.6. The second-order valence-corrected chi connectivity index (χ2v) is 5.86. The van der Waals surface area contributed by atoms with E-state index in [-0.39, 0.29) is 5.78 Å². The summed E-state index contributed by atoms with van der Waals surface area (Å²) in [4.78, 5) is 16.9. The minimum Gasteiger partial charge on any atom is -0.294 e. The SMILES string of the molecule is O=C(CC1CCCCCC1)c1cccc2ncccc12. The van der Waals surface area contributed by atoms with Crippen molar-refractivity contribution in [3.63, 3.8) is 0 Å². The van der Waals surface area contributed by atoms with Gasteiger partial charge in [-0.3, -0.25) is 9.78 Å². The molecular weight excluding hydrogens is 246 g/mol. The molecule has 0 saturated heterocycles. The first-order valence-corrected chi connectivity index (χ1v) is 7.71. The fourth-order valence-electron chi connectivity index (χ4n) is 3.29. The maximum Gasteiger partial charge on any atom is 0.163 e. The van der Waals surface area contributed by atoms with Crippen molar-refractivity contribution in [3.05, 3.63) is 42.1 Å². The third-order valence-corrected chi connectivity index (χ3v) is 4.39. The van der Waals surface area contributed by atoms with Crippen LogP contribution < -0.4 is 0 Å². The number of carbonyl (C=O) groups excluding carboxylic acids is 1. The lowest BCUT2D eigenvalue weighted by Gasteiger charge is -2.13. The van der Waals surface area contributed by atoms with E-state index in [1.54, 1.807) is 6.20 Å². The van der Waals surface area contributed by atoms with E-state index in [2.05, 4.69) is 4.98 Å². The molecule has 1 aromatic heterocycles. The summed E-state index contributed by atoms with van der Waals surface area (Å²) >= 11 is 0. The van der Waals surface area contributed by atoms with E-state index in [0.29, 0.717) is 12.3 Å². The quantitative estimate of drug-likeness (QED) is 0.592. The largest absolute Gasteiger partial charge is 0.294 e. The lowest BCUT2D eigenvalue weighted by atomic mass is 9.91. The van der Waals surface area contributed by atoms with Gasteiger partial charge in [-0.2, -0.15) is 0 Å². The van der Waals surface area contributed by atoms with Gasteiger partial charge in [0.25, 0.3) is 0 Å². The molecule has 0 spiro atoms. The molecule has 0 bridgehead atoms. The summed E-state index contributed by atoms with van der Waals surface area (Å²) < 4.78 is 0. The average molecular weight is 267 g/mol. The molecule has 2 aromatic rings. The van der Waals surface area contributed by atoms with Gasteiger partial charge in [-0.25, -0.2) is 0 Å². The average Bonchev–Trinajstić information content (AvgIpc) is 2.75. The van der Waals surface area contributed by atoms with Crippen LogP contribution in [-0.2, 0) is 0 Å². The van der Waals surface area contributed by atoms with Crippen molar-refractivity contribution in [3.8, 4) is 0 Å². The molecule has 0 amide bonds. The molecule has 0 atom stereocenters. The van der Waals surface area contributed by atoms with Crippen LogP contribution in [-0.4, -0.2) is 10.8 Å². The number of ketones is 1. The summed E-state index contributed by atoms with van der Waals surface area (Å²) in [6.07, 6.45) is 10.2. The topological polar surface area (TPSA) is 30.0 Å². The number of benzene rings is 1. The minimum absolute atomic E-state index is 0.288. The van der Waals surface area contributed by atoms with Crippen LogP contribution in [0.25, 0.3) is 10.9 Å². The number of carbonyl (C=O) groups is 1. The molecule has 0 radical (unpaired) electrons. The van der Waals surface area contributed by atoms with E-state index in [9.17, 15) is 4.79 Å². The molecule has 104 valence electrons. The normalized spacial score (nSPS) is 17.0. The Morgan fingerprint density at radius 2 is 1.85 bits per heavy atom. The third kappa shape index (κ3) is 2.90. The van der Waals surface area contributed by atoms with Gasteiger partial charge in [-0.05, 0) is 18.1 Å². The van der Waals surface area contributed by atoms with Gasteiger partial charge in [-0.1, -0.05) is 56.7 Å². The van der Waals surface area contributed by atoms with E-state index >= 15 is 0 Å². The van der Waals surface area contributed by atoms with Crippen molar-refractivity contribution in [2.45, 2.75) is 44.9 Å². The molecule has 0 unspecified atom stereocenters. The number of fused-ring (bicyclic) bond motifs is 1. The van der Waals surface area contributed by atoms with Gasteiger partial charge in [0.1, 0.15) is 0 Å². The van der Waals surface area contributed by atoms with Gasteiger partial charge < -0.3 is 0 Å². The number of Topliss-reactive ketones (excluding diaryl/α,β-unsaturated/α-hetero) is 1. The number of rotatable bonds is 3. The highest BCUT2D eigenvalue weighted by Gasteiger charge is 2.18. The first kappa shape index (κ1) is 13.3. The fraction of sp³-hybridized carbons (Fsp3) is 0.444. The zero-order chi connectivity index (χ0) is 13.8. The first-order chi connectivity index (χ1) is 9.84. The van der Waals surface area contributed by atoms with Crippen LogP contribution in [0.4, 0.5) is 0 Å². The number of hydrogen-bond acceptors (Lipinski definition) is 2. The Hall–Kier alpha value is -1.70. The van der Waals surface area contributed by atoms with Gasteiger partial charge in [-0.15, -0.1) is 0 Å². The maximum absolute atomic E-state index is 12.6. The molecule has 2 nitrogen and oxygen atoms in total. The highest BCUT2D eigenvalue weighted by Crippen LogP contribution is 2.28. The Kier molecular flexibility index (Phi) is 4.10. The fourth-order valence-corrected chi connectivity index (χ4v) is 3.29. The van der Waals surface area contributed by atoms with Crippen molar-refractivity contribution < 1.29 is 4.79 Å². The van der Waals surface area contributed by atoms with Crippen LogP contribution in [0.5, 0.6) is 0 Å². The lowest BCUT2D eigenvalue weighted by molar-refractivity contribution is 0.0958. The number of nitrogens with zero attached hydrogens (tertiary/aromatic N) is 1. The zero-order valence-corrected chi connectivity index (χ0v) is 11.8. The summed E-state index contributed by atoms with van der Waals surface area (Å²) in [6, 6.07) is 9.77. The van der Waals surface area contributed by atoms with Crippen LogP contribution >= 0.6 is 0 Å². The molecule has 0 aliphatic heterocycles. The predicted octanol–water partition coefficient (Wildman–Crippen LogP) is 4.78. The van der Waals surface area contributed by atoms with Crippen LogP contribution in [0.15, 0.2) is 36.5 Å². The van der Waals surface area contributed by atoms with Crippen LogP contribution in [0.1, 0.15) is 55.3 Å². The highest BCUT2D eigenvalue weighted by atomic mass is 16.1. The molecule has 0 N–H and O–H groups in total. The third-order valence-electron chi connectivity index (χ3n) is 4.39. The molecule has 1 fully saturated rings. The molecule has 1 aromatic carbocycles. The van der Waals surface area contributed by atoms with E-state index < -0.39 is 0 Å². The Morgan fingerprint density at radius 3 is 2.65 bits per heavy atom. The smallest absolute Gasteiger partial charge is 0.163 e.